The maximum absolute atomic E-state index is 11.3. The van der Waals surface area contributed by atoms with E-state index in [-0.39, 0.29) is 30.4 Å². The minimum absolute atomic E-state index is 0.208. The molecule has 0 radical (unpaired) electrons. The Morgan fingerprint density at radius 2 is 1.89 bits per heavy atom. The Balaban J connectivity index is 3.85. The molecule has 6 heteroatoms. The van der Waals surface area contributed by atoms with Crippen molar-refractivity contribution in [3.63, 3.8) is 0 Å². The quantitative estimate of drug-likeness (QED) is 0.432. The van der Waals surface area contributed by atoms with Gasteiger partial charge in [-0.2, -0.15) is 0 Å². The average Bonchev–Trinajstić information content (AvgIpc) is 2.37. The van der Waals surface area contributed by atoms with Gasteiger partial charge in [-0.15, -0.1) is 0 Å². The van der Waals surface area contributed by atoms with E-state index in [0.29, 0.717) is 13.2 Å². The highest BCUT2D eigenvalue weighted by Gasteiger charge is 2.20. The lowest BCUT2D eigenvalue weighted by molar-refractivity contribution is -0.222. The van der Waals surface area contributed by atoms with E-state index in [1.165, 1.54) is 0 Å². The molecule has 19 heavy (non-hydrogen) atoms. The molecule has 114 valence electrons. The summed E-state index contributed by atoms with van der Waals surface area (Å²) in [6, 6.07) is -0.317. The normalized spacial score (nSPS) is 17.7. The topological polar surface area (TPSA) is 82.8 Å². The number of hydrogen-bond donors (Lipinski definition) is 2. The van der Waals surface area contributed by atoms with Crippen LogP contribution in [-0.2, 0) is 19.0 Å². The van der Waals surface area contributed by atoms with Crippen LogP contribution in [0.4, 0.5) is 0 Å². The molecule has 0 aliphatic rings. The molecule has 0 aromatic carbocycles. The fraction of sp³-hybridized carbons (Fsp3) is 0.923. The average molecular weight is 276 g/mol. The molecule has 0 rings (SSSR count). The van der Waals surface area contributed by atoms with Gasteiger partial charge in [0.05, 0.1) is 12.6 Å². The van der Waals surface area contributed by atoms with E-state index in [1.807, 2.05) is 13.8 Å². The van der Waals surface area contributed by atoms with Crippen LogP contribution in [0.3, 0.4) is 0 Å². The van der Waals surface area contributed by atoms with Crippen LogP contribution in [0.25, 0.3) is 0 Å². The van der Waals surface area contributed by atoms with Crippen LogP contribution < -0.4 is 11.1 Å². The number of amides is 1. The van der Waals surface area contributed by atoms with Crippen LogP contribution in [0, 0.1) is 5.92 Å². The first kappa shape index (κ1) is 18.3. The number of carbonyl (C=O) groups is 1. The zero-order valence-corrected chi connectivity index (χ0v) is 12.6. The summed E-state index contributed by atoms with van der Waals surface area (Å²) in [5.74, 6) is -0.119. The summed E-state index contributed by atoms with van der Waals surface area (Å²) in [6.07, 6.45) is 0.237. The number of carbonyl (C=O) groups excluding carboxylic acids is 1. The monoisotopic (exact) mass is 276 g/mol. The van der Waals surface area contributed by atoms with Gasteiger partial charge < -0.3 is 25.3 Å². The van der Waals surface area contributed by atoms with Gasteiger partial charge in [-0.1, -0.05) is 20.3 Å². The molecule has 0 aromatic heterocycles. The minimum atomic E-state index is -0.354. The Morgan fingerprint density at radius 3 is 2.37 bits per heavy atom. The summed E-state index contributed by atoms with van der Waals surface area (Å²) in [4.78, 5) is 11.3. The molecule has 3 N–H and O–H groups in total. The lowest BCUT2D eigenvalue weighted by Gasteiger charge is -2.22. The Hall–Kier alpha value is -0.690. The van der Waals surface area contributed by atoms with E-state index >= 15 is 0 Å². The molecule has 0 aliphatic heterocycles. The first-order valence-corrected chi connectivity index (χ1v) is 6.74. The molecule has 0 heterocycles. The second-order valence-corrected chi connectivity index (χ2v) is 4.60. The second kappa shape index (κ2) is 10.1. The van der Waals surface area contributed by atoms with Gasteiger partial charge in [-0.25, -0.2) is 0 Å². The first-order chi connectivity index (χ1) is 8.92. The maximum atomic E-state index is 11.3. The zero-order valence-electron chi connectivity index (χ0n) is 12.6. The third kappa shape index (κ3) is 8.15. The van der Waals surface area contributed by atoms with Crippen molar-refractivity contribution in [3.8, 4) is 0 Å². The van der Waals surface area contributed by atoms with E-state index in [1.54, 1.807) is 21.0 Å². The fourth-order valence-corrected chi connectivity index (χ4v) is 1.62. The molecule has 1 amide bonds. The Labute approximate surface area is 116 Å². The molecule has 0 spiro atoms. The van der Waals surface area contributed by atoms with Gasteiger partial charge in [0, 0.05) is 13.7 Å². The highest BCUT2D eigenvalue weighted by Crippen LogP contribution is 2.07. The molecular formula is C13H28N2O4. The SMILES string of the molecule is CCC(C)C(NCCOC(C)OC(C)OC)C(N)=O. The highest BCUT2D eigenvalue weighted by atomic mass is 16.8. The first-order valence-electron chi connectivity index (χ1n) is 6.74. The van der Waals surface area contributed by atoms with Crippen LogP contribution in [0.1, 0.15) is 34.1 Å². The van der Waals surface area contributed by atoms with Gasteiger partial charge in [-0.3, -0.25) is 4.79 Å². The fourth-order valence-electron chi connectivity index (χ4n) is 1.62. The lowest BCUT2D eigenvalue weighted by Crippen LogP contribution is -2.46. The smallest absolute Gasteiger partial charge is 0.234 e. The number of nitrogens with one attached hydrogen (secondary N) is 1. The van der Waals surface area contributed by atoms with Gasteiger partial charge in [0.25, 0.3) is 0 Å². The van der Waals surface area contributed by atoms with E-state index in [2.05, 4.69) is 5.32 Å². The molecule has 0 aromatic rings. The van der Waals surface area contributed by atoms with Crippen molar-refractivity contribution in [1.29, 1.82) is 0 Å². The largest absolute Gasteiger partial charge is 0.368 e. The van der Waals surface area contributed by atoms with Crippen LogP contribution in [0.15, 0.2) is 0 Å². The van der Waals surface area contributed by atoms with Crippen molar-refractivity contribution in [1.82, 2.24) is 5.32 Å². The summed E-state index contributed by atoms with van der Waals surface area (Å²) in [6.45, 7) is 8.61. The summed E-state index contributed by atoms with van der Waals surface area (Å²) in [7, 11) is 1.57. The highest BCUT2D eigenvalue weighted by molar-refractivity contribution is 5.80. The maximum Gasteiger partial charge on any atom is 0.234 e. The number of ether oxygens (including phenoxy) is 3. The Kier molecular flexibility index (Phi) is 9.77. The van der Waals surface area contributed by atoms with Gasteiger partial charge in [0.2, 0.25) is 5.91 Å². The summed E-state index contributed by atoms with van der Waals surface area (Å²) < 4.78 is 15.8. The minimum Gasteiger partial charge on any atom is -0.368 e. The van der Waals surface area contributed by atoms with Crippen molar-refractivity contribution in [2.75, 3.05) is 20.3 Å². The van der Waals surface area contributed by atoms with E-state index in [9.17, 15) is 4.79 Å². The zero-order chi connectivity index (χ0) is 14.8. The van der Waals surface area contributed by atoms with Crippen LogP contribution in [0.2, 0.25) is 0 Å². The predicted octanol–water partition coefficient (Wildman–Crippen LogP) is 0.848. The summed E-state index contributed by atoms with van der Waals surface area (Å²) in [5, 5.41) is 3.11. The van der Waals surface area contributed by atoms with Crippen LogP contribution in [-0.4, -0.2) is 44.8 Å². The van der Waals surface area contributed by atoms with Crippen molar-refractivity contribution in [2.45, 2.75) is 52.7 Å². The predicted molar refractivity (Wildman–Crippen MR) is 73.4 cm³/mol. The number of primary amides is 1. The Morgan fingerprint density at radius 1 is 1.26 bits per heavy atom. The summed E-state index contributed by atoms with van der Waals surface area (Å²) in [5.41, 5.74) is 5.36. The van der Waals surface area contributed by atoms with E-state index < -0.39 is 0 Å². The lowest BCUT2D eigenvalue weighted by atomic mass is 9.99. The third-order valence-corrected chi connectivity index (χ3v) is 3.05. The van der Waals surface area contributed by atoms with Gasteiger partial charge in [0.15, 0.2) is 12.6 Å². The number of hydrogen-bond acceptors (Lipinski definition) is 5. The van der Waals surface area contributed by atoms with Crippen molar-refractivity contribution in [3.05, 3.63) is 0 Å². The number of nitrogens with two attached hydrogens (primary N) is 1. The summed E-state index contributed by atoms with van der Waals surface area (Å²) >= 11 is 0. The van der Waals surface area contributed by atoms with Crippen molar-refractivity contribution < 1.29 is 19.0 Å². The second-order valence-electron chi connectivity index (χ2n) is 4.60. The molecule has 4 atom stereocenters. The molecule has 0 aliphatic carbocycles. The van der Waals surface area contributed by atoms with Gasteiger partial charge in [-0.05, 0) is 19.8 Å². The van der Waals surface area contributed by atoms with Gasteiger partial charge >= 0.3 is 0 Å². The van der Waals surface area contributed by atoms with Crippen molar-refractivity contribution in [2.24, 2.45) is 11.7 Å². The number of rotatable bonds is 11. The van der Waals surface area contributed by atoms with Crippen molar-refractivity contribution >= 4 is 5.91 Å². The molecule has 0 fully saturated rings. The Bertz CT molecular complexity index is 251. The van der Waals surface area contributed by atoms with Gasteiger partial charge in [0.1, 0.15) is 0 Å². The van der Waals surface area contributed by atoms with Crippen LogP contribution in [0.5, 0.6) is 0 Å². The molecule has 0 saturated heterocycles. The third-order valence-electron chi connectivity index (χ3n) is 3.05. The molecule has 6 nitrogen and oxygen atoms in total. The van der Waals surface area contributed by atoms with E-state index in [4.69, 9.17) is 19.9 Å². The van der Waals surface area contributed by atoms with Crippen LogP contribution >= 0.6 is 0 Å². The molecule has 0 bridgehead atoms. The standard InChI is InChI=1S/C13H28N2O4/c1-6-9(2)12(13(14)16)15-7-8-18-11(4)19-10(3)17-5/h9-12,15H,6-8H2,1-5H3,(H2,14,16). The van der Waals surface area contributed by atoms with E-state index in [0.717, 1.165) is 6.42 Å². The molecular weight excluding hydrogens is 248 g/mol. The molecule has 4 unspecified atom stereocenters. The molecule has 0 saturated carbocycles. The number of methoxy groups -OCH3 is 1.